The van der Waals surface area contributed by atoms with Crippen LogP contribution in [-0.2, 0) is 4.74 Å². The number of hydrogen-bond donors (Lipinski definition) is 2. The summed E-state index contributed by atoms with van der Waals surface area (Å²) >= 11 is 0. The van der Waals surface area contributed by atoms with Gasteiger partial charge >= 0.3 is 6.03 Å². The first-order valence-corrected chi connectivity index (χ1v) is 8.16. The van der Waals surface area contributed by atoms with E-state index in [2.05, 4.69) is 5.32 Å². The normalized spacial score (nSPS) is 24.4. The van der Waals surface area contributed by atoms with Crippen molar-refractivity contribution in [2.24, 2.45) is 5.73 Å². The summed E-state index contributed by atoms with van der Waals surface area (Å²) in [6.07, 6.45) is 9.18. The summed E-state index contributed by atoms with van der Waals surface area (Å²) in [7, 11) is 0. The molecule has 0 aromatic carbocycles. The second kappa shape index (κ2) is 8.47. The Bertz CT molecular complexity index is 285. The molecule has 1 saturated carbocycles. The molecule has 1 aliphatic heterocycles. The maximum absolute atomic E-state index is 12.5. The molecule has 1 atom stereocenters. The predicted octanol–water partition coefficient (Wildman–Crippen LogP) is 1.86. The molecule has 20 heavy (non-hydrogen) atoms. The smallest absolute Gasteiger partial charge is 0.317 e. The van der Waals surface area contributed by atoms with E-state index in [-0.39, 0.29) is 12.1 Å². The van der Waals surface area contributed by atoms with Crippen LogP contribution in [0.3, 0.4) is 0 Å². The van der Waals surface area contributed by atoms with E-state index in [1.807, 2.05) is 4.90 Å². The Morgan fingerprint density at radius 2 is 1.95 bits per heavy atom. The van der Waals surface area contributed by atoms with Crippen LogP contribution in [0.2, 0.25) is 0 Å². The zero-order chi connectivity index (χ0) is 14.2. The third-order valence-electron chi connectivity index (χ3n) is 4.39. The molecule has 3 N–H and O–H groups in total. The highest BCUT2D eigenvalue weighted by Crippen LogP contribution is 2.22. The van der Waals surface area contributed by atoms with Crippen LogP contribution >= 0.6 is 0 Å². The average Bonchev–Trinajstić information content (AvgIpc) is 2.80. The largest absolute Gasteiger partial charge is 0.379 e. The van der Waals surface area contributed by atoms with Gasteiger partial charge in [0.15, 0.2) is 0 Å². The van der Waals surface area contributed by atoms with E-state index >= 15 is 0 Å². The molecule has 1 saturated heterocycles. The molecule has 1 unspecified atom stereocenters. The van der Waals surface area contributed by atoms with Gasteiger partial charge in [-0.2, -0.15) is 0 Å². The van der Waals surface area contributed by atoms with E-state index in [0.717, 1.165) is 38.8 Å². The molecular formula is C15H29N3O2. The number of rotatable bonds is 5. The van der Waals surface area contributed by atoms with Crippen LogP contribution in [0.1, 0.15) is 51.4 Å². The van der Waals surface area contributed by atoms with Crippen molar-refractivity contribution in [2.45, 2.75) is 63.5 Å². The lowest BCUT2D eigenvalue weighted by Gasteiger charge is -2.32. The molecule has 0 radical (unpaired) electrons. The number of nitrogens with two attached hydrogens (primary N) is 1. The molecule has 1 heterocycles. The monoisotopic (exact) mass is 283 g/mol. The molecule has 0 spiro atoms. The van der Waals surface area contributed by atoms with Gasteiger partial charge < -0.3 is 20.7 Å². The minimum absolute atomic E-state index is 0.0841. The first-order valence-electron chi connectivity index (χ1n) is 8.16. The molecule has 0 bridgehead atoms. The van der Waals surface area contributed by atoms with Crippen LogP contribution in [0.5, 0.6) is 0 Å². The van der Waals surface area contributed by atoms with E-state index in [9.17, 15) is 4.79 Å². The molecule has 116 valence electrons. The van der Waals surface area contributed by atoms with Crippen molar-refractivity contribution in [1.82, 2.24) is 10.2 Å². The molecule has 2 amide bonds. The number of nitrogens with zero attached hydrogens (tertiary/aromatic N) is 1. The van der Waals surface area contributed by atoms with Crippen molar-refractivity contribution in [3.63, 3.8) is 0 Å². The SMILES string of the molecule is NCCCN(C(=O)NC1CCOC1)C1CCCCCC1. The highest BCUT2D eigenvalue weighted by Gasteiger charge is 2.26. The van der Waals surface area contributed by atoms with Crippen LogP contribution in [0, 0.1) is 0 Å². The number of carbonyl (C=O) groups excluding carboxylic acids is 1. The van der Waals surface area contributed by atoms with Gasteiger partial charge in [0.25, 0.3) is 0 Å². The predicted molar refractivity (Wildman–Crippen MR) is 79.6 cm³/mol. The van der Waals surface area contributed by atoms with Gasteiger partial charge in [-0.3, -0.25) is 0 Å². The minimum atomic E-state index is 0.0841. The Kier molecular flexibility index (Phi) is 6.60. The molecule has 2 aliphatic rings. The van der Waals surface area contributed by atoms with Crippen molar-refractivity contribution < 1.29 is 9.53 Å². The summed E-state index contributed by atoms with van der Waals surface area (Å²) in [5, 5.41) is 3.13. The van der Waals surface area contributed by atoms with Crippen molar-refractivity contribution >= 4 is 6.03 Å². The number of hydrogen-bond acceptors (Lipinski definition) is 3. The third kappa shape index (κ3) is 4.63. The lowest BCUT2D eigenvalue weighted by Crippen LogP contribution is -2.50. The van der Waals surface area contributed by atoms with Gasteiger partial charge in [-0.05, 0) is 32.2 Å². The molecule has 0 aromatic heterocycles. The highest BCUT2D eigenvalue weighted by atomic mass is 16.5. The molecule has 2 rings (SSSR count). The second-order valence-electron chi connectivity index (χ2n) is 5.99. The average molecular weight is 283 g/mol. The summed E-state index contributed by atoms with van der Waals surface area (Å²) in [5.74, 6) is 0. The topological polar surface area (TPSA) is 67.6 Å². The van der Waals surface area contributed by atoms with Gasteiger partial charge in [0, 0.05) is 19.2 Å². The molecule has 5 heteroatoms. The maximum Gasteiger partial charge on any atom is 0.317 e. The second-order valence-corrected chi connectivity index (χ2v) is 5.99. The summed E-state index contributed by atoms with van der Waals surface area (Å²) < 4.78 is 5.33. The Balaban J connectivity index is 1.91. The summed E-state index contributed by atoms with van der Waals surface area (Å²) in [6.45, 7) is 2.84. The summed E-state index contributed by atoms with van der Waals surface area (Å²) in [4.78, 5) is 14.6. The molecule has 2 fully saturated rings. The van der Waals surface area contributed by atoms with Gasteiger partial charge in [0.05, 0.1) is 12.6 Å². The summed E-state index contributed by atoms with van der Waals surface area (Å²) in [5.41, 5.74) is 5.62. The van der Waals surface area contributed by atoms with Gasteiger partial charge in [0.2, 0.25) is 0 Å². The van der Waals surface area contributed by atoms with Crippen molar-refractivity contribution in [1.29, 1.82) is 0 Å². The van der Waals surface area contributed by atoms with Crippen molar-refractivity contribution in [3.05, 3.63) is 0 Å². The lowest BCUT2D eigenvalue weighted by molar-refractivity contribution is 0.157. The first-order chi connectivity index (χ1) is 9.81. The van der Waals surface area contributed by atoms with Gasteiger partial charge in [0.1, 0.15) is 0 Å². The molecular weight excluding hydrogens is 254 g/mol. The first kappa shape index (κ1) is 15.6. The number of ether oxygens (including phenoxy) is 1. The zero-order valence-corrected chi connectivity index (χ0v) is 12.5. The maximum atomic E-state index is 12.5. The fraction of sp³-hybridized carbons (Fsp3) is 0.933. The van der Waals surface area contributed by atoms with Gasteiger partial charge in [-0.1, -0.05) is 25.7 Å². The van der Waals surface area contributed by atoms with Crippen LogP contribution < -0.4 is 11.1 Å². The highest BCUT2D eigenvalue weighted by molar-refractivity contribution is 5.75. The zero-order valence-electron chi connectivity index (χ0n) is 12.5. The van der Waals surface area contributed by atoms with Crippen molar-refractivity contribution in [2.75, 3.05) is 26.3 Å². The number of carbonyl (C=O) groups is 1. The van der Waals surface area contributed by atoms with Gasteiger partial charge in [-0.15, -0.1) is 0 Å². The molecule has 0 aromatic rings. The van der Waals surface area contributed by atoms with Crippen molar-refractivity contribution in [3.8, 4) is 0 Å². The van der Waals surface area contributed by atoms with E-state index in [1.165, 1.54) is 25.7 Å². The number of urea groups is 1. The van der Waals surface area contributed by atoms with E-state index in [1.54, 1.807) is 0 Å². The number of nitrogens with one attached hydrogen (secondary N) is 1. The Morgan fingerprint density at radius 3 is 2.55 bits per heavy atom. The van der Waals surface area contributed by atoms with Crippen LogP contribution in [0.4, 0.5) is 4.79 Å². The fourth-order valence-electron chi connectivity index (χ4n) is 3.19. The van der Waals surface area contributed by atoms with E-state index in [0.29, 0.717) is 19.2 Å². The van der Waals surface area contributed by atoms with Gasteiger partial charge in [-0.25, -0.2) is 4.79 Å². The van der Waals surface area contributed by atoms with E-state index in [4.69, 9.17) is 10.5 Å². The fourth-order valence-corrected chi connectivity index (χ4v) is 3.19. The third-order valence-corrected chi connectivity index (χ3v) is 4.39. The molecule has 5 nitrogen and oxygen atoms in total. The van der Waals surface area contributed by atoms with E-state index < -0.39 is 0 Å². The standard InChI is InChI=1S/C15H29N3O2/c16-9-5-10-18(14-6-3-1-2-4-7-14)15(19)17-13-8-11-20-12-13/h13-14H,1-12,16H2,(H,17,19). The molecule has 1 aliphatic carbocycles. The Morgan fingerprint density at radius 1 is 1.20 bits per heavy atom. The summed E-state index contributed by atoms with van der Waals surface area (Å²) in [6, 6.07) is 0.667. The van der Waals surface area contributed by atoms with Crippen LogP contribution in [-0.4, -0.2) is 49.3 Å². The Labute approximate surface area is 122 Å². The quantitative estimate of drug-likeness (QED) is 0.757. The van der Waals surface area contributed by atoms with Crippen LogP contribution in [0.15, 0.2) is 0 Å². The lowest BCUT2D eigenvalue weighted by atomic mass is 10.1. The van der Waals surface area contributed by atoms with Crippen LogP contribution in [0.25, 0.3) is 0 Å². The Hall–Kier alpha value is -0.810. The number of amides is 2. The minimum Gasteiger partial charge on any atom is -0.379 e.